The van der Waals surface area contributed by atoms with Gasteiger partial charge in [0, 0.05) is 37.1 Å². The van der Waals surface area contributed by atoms with E-state index in [9.17, 15) is 4.79 Å². The van der Waals surface area contributed by atoms with E-state index in [4.69, 9.17) is 5.73 Å². The number of hydrogen-bond donors (Lipinski definition) is 2. The summed E-state index contributed by atoms with van der Waals surface area (Å²) in [4.78, 5) is 17.8. The Kier molecular flexibility index (Phi) is 5.54. The Morgan fingerprint density at radius 1 is 1.60 bits per heavy atom. The summed E-state index contributed by atoms with van der Waals surface area (Å²) in [5, 5.41) is 5.09. The van der Waals surface area contributed by atoms with E-state index >= 15 is 0 Å². The molecule has 5 nitrogen and oxygen atoms in total. The molecule has 0 bridgehead atoms. The molecule has 2 atom stereocenters. The van der Waals surface area contributed by atoms with Crippen molar-refractivity contribution in [2.45, 2.75) is 19.0 Å². The van der Waals surface area contributed by atoms with Crippen LogP contribution in [0.1, 0.15) is 17.8 Å². The van der Waals surface area contributed by atoms with Gasteiger partial charge in [-0.05, 0) is 25.4 Å². The van der Waals surface area contributed by atoms with Crippen LogP contribution in [0.5, 0.6) is 0 Å². The number of carbonyl (C=O) groups is 1. The van der Waals surface area contributed by atoms with Crippen molar-refractivity contribution >= 4 is 17.2 Å². The van der Waals surface area contributed by atoms with Crippen LogP contribution in [-0.2, 0) is 4.79 Å². The Morgan fingerprint density at radius 2 is 2.40 bits per heavy atom. The van der Waals surface area contributed by atoms with E-state index in [1.807, 2.05) is 24.4 Å². The van der Waals surface area contributed by atoms with Crippen LogP contribution in [0, 0.1) is 0 Å². The molecule has 0 aromatic carbocycles. The summed E-state index contributed by atoms with van der Waals surface area (Å²) >= 11 is 1.67. The van der Waals surface area contributed by atoms with E-state index in [0.29, 0.717) is 13.1 Å². The maximum atomic E-state index is 12.2. The number of thiophene rings is 1. The third-order valence-electron chi connectivity index (χ3n) is 3.77. The van der Waals surface area contributed by atoms with Gasteiger partial charge in [0.05, 0.1) is 12.6 Å². The summed E-state index contributed by atoms with van der Waals surface area (Å²) in [6.45, 7) is 5.88. The zero-order valence-corrected chi connectivity index (χ0v) is 13.0. The average molecular weight is 296 g/mol. The predicted octanol–water partition coefficient (Wildman–Crippen LogP) is 0.500. The summed E-state index contributed by atoms with van der Waals surface area (Å²) in [6.07, 6.45) is 0. The Hall–Kier alpha value is -0.950. The van der Waals surface area contributed by atoms with Gasteiger partial charge in [-0.3, -0.25) is 9.69 Å². The maximum absolute atomic E-state index is 12.2. The fourth-order valence-electron chi connectivity index (χ4n) is 2.56. The molecule has 1 fully saturated rings. The lowest BCUT2D eigenvalue weighted by Crippen LogP contribution is -2.57. The molecule has 1 saturated heterocycles. The number of carbonyl (C=O) groups excluding carboxylic acids is 1. The Morgan fingerprint density at radius 3 is 3.05 bits per heavy atom. The van der Waals surface area contributed by atoms with E-state index in [1.165, 1.54) is 4.88 Å². The molecule has 2 heterocycles. The second-order valence-electron chi connectivity index (χ2n) is 5.43. The molecule has 1 aromatic rings. The molecule has 2 rings (SSSR count). The molecule has 2 unspecified atom stereocenters. The zero-order valence-electron chi connectivity index (χ0n) is 12.2. The van der Waals surface area contributed by atoms with Crippen LogP contribution in [0.4, 0.5) is 0 Å². The van der Waals surface area contributed by atoms with Gasteiger partial charge in [-0.15, -0.1) is 11.3 Å². The van der Waals surface area contributed by atoms with Gasteiger partial charge in [-0.25, -0.2) is 0 Å². The number of hydrogen-bond acceptors (Lipinski definition) is 5. The van der Waals surface area contributed by atoms with Gasteiger partial charge in [-0.1, -0.05) is 6.07 Å². The second-order valence-corrected chi connectivity index (χ2v) is 6.41. The molecule has 1 aliphatic heterocycles. The standard InChI is InChI=1S/C14H24N4OS/c1-11(13-4-3-7-20-13)16-14(19)10-18-6-5-17(2)9-12(18)8-15/h3-4,7,11-12H,5-6,8-10,15H2,1-2H3,(H,16,19). The summed E-state index contributed by atoms with van der Waals surface area (Å²) in [6, 6.07) is 4.41. The van der Waals surface area contributed by atoms with Crippen molar-refractivity contribution in [1.82, 2.24) is 15.1 Å². The first kappa shape index (κ1) is 15.4. The lowest BCUT2D eigenvalue weighted by atomic mass is 10.1. The quantitative estimate of drug-likeness (QED) is 0.831. The zero-order chi connectivity index (χ0) is 14.5. The maximum Gasteiger partial charge on any atom is 0.234 e. The summed E-state index contributed by atoms with van der Waals surface area (Å²) < 4.78 is 0. The highest BCUT2D eigenvalue weighted by molar-refractivity contribution is 7.10. The van der Waals surface area contributed by atoms with Crippen molar-refractivity contribution in [3.05, 3.63) is 22.4 Å². The number of nitrogens with one attached hydrogen (secondary N) is 1. The van der Waals surface area contributed by atoms with Crippen molar-refractivity contribution in [1.29, 1.82) is 0 Å². The van der Waals surface area contributed by atoms with Crippen molar-refractivity contribution in [2.24, 2.45) is 5.73 Å². The van der Waals surface area contributed by atoms with Gasteiger partial charge in [0.25, 0.3) is 0 Å². The third-order valence-corrected chi connectivity index (χ3v) is 4.83. The summed E-state index contributed by atoms with van der Waals surface area (Å²) in [7, 11) is 2.10. The minimum Gasteiger partial charge on any atom is -0.348 e. The van der Waals surface area contributed by atoms with Crippen LogP contribution in [0.3, 0.4) is 0 Å². The van der Waals surface area contributed by atoms with Crippen LogP contribution in [0.2, 0.25) is 0 Å². The van der Waals surface area contributed by atoms with Gasteiger partial charge in [0.2, 0.25) is 5.91 Å². The molecular weight excluding hydrogens is 272 g/mol. The molecule has 20 heavy (non-hydrogen) atoms. The van der Waals surface area contributed by atoms with Crippen molar-refractivity contribution < 1.29 is 4.79 Å². The minimum atomic E-state index is 0.0753. The first-order valence-corrected chi connectivity index (χ1v) is 7.93. The van der Waals surface area contributed by atoms with Crippen molar-refractivity contribution in [2.75, 3.05) is 39.8 Å². The normalized spacial score (nSPS) is 22.6. The molecule has 0 spiro atoms. The topological polar surface area (TPSA) is 61.6 Å². The number of nitrogens with zero attached hydrogens (tertiary/aromatic N) is 2. The van der Waals surface area contributed by atoms with Crippen molar-refractivity contribution in [3.63, 3.8) is 0 Å². The summed E-state index contributed by atoms with van der Waals surface area (Å²) in [5.41, 5.74) is 5.81. The van der Waals surface area contributed by atoms with Gasteiger partial charge in [0.1, 0.15) is 0 Å². The monoisotopic (exact) mass is 296 g/mol. The molecule has 112 valence electrons. The number of rotatable bonds is 5. The van der Waals surface area contributed by atoms with Gasteiger partial charge < -0.3 is 16.0 Å². The largest absolute Gasteiger partial charge is 0.348 e. The van der Waals surface area contributed by atoms with Crippen LogP contribution in [0.15, 0.2) is 17.5 Å². The van der Waals surface area contributed by atoms with Crippen LogP contribution >= 0.6 is 11.3 Å². The highest BCUT2D eigenvalue weighted by atomic mass is 32.1. The molecule has 3 N–H and O–H groups in total. The first-order chi connectivity index (χ1) is 9.60. The molecular formula is C14H24N4OS. The number of nitrogens with two attached hydrogens (primary N) is 1. The second kappa shape index (κ2) is 7.17. The van der Waals surface area contributed by atoms with E-state index in [-0.39, 0.29) is 18.0 Å². The van der Waals surface area contributed by atoms with Crippen LogP contribution in [-0.4, -0.2) is 61.5 Å². The first-order valence-electron chi connectivity index (χ1n) is 7.05. The molecule has 0 aliphatic carbocycles. The van der Waals surface area contributed by atoms with E-state index < -0.39 is 0 Å². The molecule has 0 saturated carbocycles. The third kappa shape index (κ3) is 4.02. The smallest absolute Gasteiger partial charge is 0.234 e. The summed E-state index contributed by atoms with van der Waals surface area (Å²) in [5.74, 6) is 0.0777. The number of amides is 1. The van der Waals surface area contributed by atoms with E-state index in [2.05, 4.69) is 22.2 Å². The SMILES string of the molecule is CC(NC(=O)CN1CCN(C)CC1CN)c1cccs1. The van der Waals surface area contributed by atoms with Gasteiger partial charge in [-0.2, -0.15) is 0 Å². The van der Waals surface area contributed by atoms with Crippen LogP contribution in [0.25, 0.3) is 0 Å². The minimum absolute atomic E-state index is 0.0753. The lowest BCUT2D eigenvalue weighted by molar-refractivity contribution is -0.124. The molecule has 1 amide bonds. The number of likely N-dealkylation sites (N-methyl/N-ethyl adjacent to an activating group) is 1. The lowest BCUT2D eigenvalue weighted by Gasteiger charge is -2.39. The highest BCUT2D eigenvalue weighted by Crippen LogP contribution is 2.18. The Bertz CT molecular complexity index is 423. The van der Waals surface area contributed by atoms with Gasteiger partial charge >= 0.3 is 0 Å². The average Bonchev–Trinajstić information content (AvgIpc) is 2.94. The fourth-order valence-corrected chi connectivity index (χ4v) is 3.29. The van der Waals surface area contributed by atoms with Crippen LogP contribution < -0.4 is 11.1 Å². The van der Waals surface area contributed by atoms with E-state index in [1.54, 1.807) is 11.3 Å². The highest BCUT2D eigenvalue weighted by Gasteiger charge is 2.26. The molecule has 1 aliphatic rings. The molecule has 0 radical (unpaired) electrons. The molecule has 1 aromatic heterocycles. The Labute approximate surface area is 124 Å². The Balaban J connectivity index is 1.84. The molecule has 6 heteroatoms. The number of piperazine rings is 1. The fraction of sp³-hybridized carbons (Fsp3) is 0.643. The van der Waals surface area contributed by atoms with Crippen molar-refractivity contribution in [3.8, 4) is 0 Å². The van der Waals surface area contributed by atoms with Gasteiger partial charge in [0.15, 0.2) is 0 Å². The van der Waals surface area contributed by atoms with E-state index in [0.717, 1.165) is 19.6 Å². The predicted molar refractivity (Wildman–Crippen MR) is 82.8 cm³/mol.